The predicted molar refractivity (Wildman–Crippen MR) is 72.8 cm³/mol. The highest BCUT2D eigenvalue weighted by molar-refractivity contribution is 9.10. The molecule has 0 aliphatic heterocycles. The molecule has 0 heterocycles. The Morgan fingerprint density at radius 2 is 1.94 bits per heavy atom. The van der Waals surface area contributed by atoms with Gasteiger partial charge in [-0.3, -0.25) is 0 Å². The maximum Gasteiger partial charge on any atom is 0.416 e. The number of hydrogen-bond acceptors (Lipinski definition) is 1. The number of halogens is 5. The SMILES string of the molecule is C=CCC[C@H](N)c1cc(Br)cc(C(F)(F)F)c1.Cl. The molecule has 1 atom stereocenters. The molecule has 0 amide bonds. The van der Waals surface area contributed by atoms with Gasteiger partial charge in [0.1, 0.15) is 0 Å². The maximum atomic E-state index is 12.6. The minimum Gasteiger partial charge on any atom is -0.324 e. The lowest BCUT2D eigenvalue weighted by atomic mass is 10.0. The third-order valence-electron chi connectivity index (χ3n) is 2.36. The van der Waals surface area contributed by atoms with Crippen molar-refractivity contribution in [3.05, 3.63) is 46.5 Å². The van der Waals surface area contributed by atoms with Gasteiger partial charge in [-0.2, -0.15) is 13.2 Å². The molecule has 0 unspecified atom stereocenters. The van der Waals surface area contributed by atoms with Crippen molar-refractivity contribution in [3.8, 4) is 0 Å². The van der Waals surface area contributed by atoms with Gasteiger partial charge in [0.05, 0.1) is 5.56 Å². The molecule has 1 nitrogen and oxygen atoms in total. The second kappa shape index (κ2) is 7.16. The Morgan fingerprint density at radius 3 is 2.44 bits per heavy atom. The fraction of sp³-hybridized carbons (Fsp3) is 0.333. The molecule has 1 aromatic carbocycles. The van der Waals surface area contributed by atoms with Crippen LogP contribution in [-0.4, -0.2) is 0 Å². The molecule has 0 spiro atoms. The average Bonchev–Trinajstić information content (AvgIpc) is 2.23. The molecule has 0 fully saturated rings. The van der Waals surface area contributed by atoms with Crippen molar-refractivity contribution in [2.24, 2.45) is 5.73 Å². The Bertz CT molecular complexity index is 407. The van der Waals surface area contributed by atoms with E-state index in [2.05, 4.69) is 22.5 Å². The largest absolute Gasteiger partial charge is 0.416 e. The number of benzene rings is 1. The van der Waals surface area contributed by atoms with Gasteiger partial charge in [-0.1, -0.05) is 22.0 Å². The summed E-state index contributed by atoms with van der Waals surface area (Å²) in [5, 5.41) is 0. The predicted octanol–water partition coefficient (Wildman–Crippen LogP) is 4.86. The summed E-state index contributed by atoms with van der Waals surface area (Å²) in [7, 11) is 0. The number of alkyl halides is 3. The highest BCUT2D eigenvalue weighted by Gasteiger charge is 2.31. The van der Waals surface area contributed by atoms with E-state index >= 15 is 0 Å². The molecule has 0 saturated heterocycles. The van der Waals surface area contributed by atoms with E-state index in [1.807, 2.05) is 0 Å². The number of allylic oxidation sites excluding steroid dienone is 1. The van der Waals surface area contributed by atoms with Crippen LogP contribution in [-0.2, 0) is 6.18 Å². The maximum absolute atomic E-state index is 12.6. The summed E-state index contributed by atoms with van der Waals surface area (Å²) in [6.45, 7) is 3.56. The molecule has 0 radical (unpaired) electrons. The fourth-order valence-electron chi connectivity index (χ4n) is 1.45. The van der Waals surface area contributed by atoms with E-state index in [9.17, 15) is 13.2 Å². The molecular weight excluding hydrogens is 330 g/mol. The Balaban J connectivity index is 0.00000289. The quantitative estimate of drug-likeness (QED) is 0.776. The molecule has 0 bridgehead atoms. The molecule has 1 rings (SSSR count). The van der Waals surface area contributed by atoms with E-state index in [1.54, 1.807) is 12.1 Å². The van der Waals surface area contributed by atoms with Crippen LogP contribution in [0.5, 0.6) is 0 Å². The van der Waals surface area contributed by atoms with Gasteiger partial charge in [-0.05, 0) is 36.6 Å². The van der Waals surface area contributed by atoms with Crippen LogP contribution in [0.3, 0.4) is 0 Å². The Hall–Kier alpha value is -0.520. The summed E-state index contributed by atoms with van der Waals surface area (Å²) in [6.07, 6.45) is -1.40. The minimum atomic E-state index is -4.35. The van der Waals surface area contributed by atoms with Crippen molar-refractivity contribution in [1.82, 2.24) is 0 Å². The lowest BCUT2D eigenvalue weighted by Gasteiger charge is -2.14. The molecule has 0 saturated carbocycles. The van der Waals surface area contributed by atoms with Gasteiger partial charge in [-0.15, -0.1) is 19.0 Å². The lowest BCUT2D eigenvalue weighted by molar-refractivity contribution is -0.137. The van der Waals surface area contributed by atoms with E-state index in [0.29, 0.717) is 22.9 Å². The molecule has 0 aliphatic rings. The highest BCUT2D eigenvalue weighted by atomic mass is 79.9. The van der Waals surface area contributed by atoms with Gasteiger partial charge in [0.15, 0.2) is 0 Å². The van der Waals surface area contributed by atoms with Crippen molar-refractivity contribution in [1.29, 1.82) is 0 Å². The number of nitrogens with two attached hydrogens (primary N) is 1. The topological polar surface area (TPSA) is 26.0 Å². The third-order valence-corrected chi connectivity index (χ3v) is 2.82. The minimum absolute atomic E-state index is 0. The first-order chi connectivity index (χ1) is 7.84. The van der Waals surface area contributed by atoms with Crippen LogP contribution in [0.1, 0.15) is 30.0 Å². The van der Waals surface area contributed by atoms with Gasteiger partial charge in [0, 0.05) is 10.5 Å². The molecular formula is C12H14BrClF3N. The number of rotatable bonds is 4. The van der Waals surface area contributed by atoms with Crippen molar-refractivity contribution < 1.29 is 13.2 Å². The van der Waals surface area contributed by atoms with E-state index in [1.165, 1.54) is 0 Å². The summed E-state index contributed by atoms with van der Waals surface area (Å²) in [4.78, 5) is 0. The normalized spacial score (nSPS) is 12.7. The molecule has 6 heteroatoms. The summed E-state index contributed by atoms with van der Waals surface area (Å²) < 4.78 is 38.1. The molecule has 0 aliphatic carbocycles. The molecule has 18 heavy (non-hydrogen) atoms. The van der Waals surface area contributed by atoms with Crippen molar-refractivity contribution >= 4 is 28.3 Å². The first-order valence-corrected chi connectivity index (χ1v) is 5.88. The second-order valence-corrected chi connectivity index (χ2v) is 4.66. The standard InChI is InChI=1S/C12H13BrF3N.ClH/c1-2-3-4-11(17)8-5-9(12(14,15)16)7-10(13)6-8;/h2,5-7,11H,1,3-4,17H2;1H/t11-;/m0./s1. The zero-order valence-electron chi connectivity index (χ0n) is 9.51. The van der Waals surface area contributed by atoms with E-state index < -0.39 is 17.8 Å². The molecule has 2 N–H and O–H groups in total. The van der Waals surface area contributed by atoms with Crippen molar-refractivity contribution in [2.75, 3.05) is 0 Å². The highest BCUT2D eigenvalue weighted by Crippen LogP contribution is 2.33. The van der Waals surface area contributed by atoms with E-state index in [-0.39, 0.29) is 12.4 Å². The van der Waals surface area contributed by atoms with Crippen LogP contribution in [0.25, 0.3) is 0 Å². The summed E-state index contributed by atoms with van der Waals surface area (Å²) >= 11 is 3.07. The average molecular weight is 345 g/mol. The zero-order valence-corrected chi connectivity index (χ0v) is 11.9. The Morgan fingerprint density at radius 1 is 1.33 bits per heavy atom. The monoisotopic (exact) mass is 343 g/mol. The van der Waals surface area contributed by atoms with Crippen LogP contribution in [0.4, 0.5) is 13.2 Å². The smallest absolute Gasteiger partial charge is 0.324 e. The molecule has 102 valence electrons. The van der Waals surface area contributed by atoms with E-state index in [0.717, 1.165) is 12.1 Å². The van der Waals surface area contributed by atoms with Gasteiger partial charge in [0.25, 0.3) is 0 Å². The van der Waals surface area contributed by atoms with Crippen LogP contribution in [0, 0.1) is 0 Å². The molecule has 1 aromatic rings. The molecule has 0 aromatic heterocycles. The zero-order chi connectivity index (χ0) is 13.1. The van der Waals surface area contributed by atoms with Crippen LogP contribution in [0.2, 0.25) is 0 Å². The van der Waals surface area contributed by atoms with Crippen molar-refractivity contribution in [3.63, 3.8) is 0 Å². The first-order valence-electron chi connectivity index (χ1n) is 5.08. The van der Waals surface area contributed by atoms with Crippen LogP contribution < -0.4 is 5.73 Å². The van der Waals surface area contributed by atoms with Crippen LogP contribution >= 0.6 is 28.3 Å². The van der Waals surface area contributed by atoms with Gasteiger partial charge in [-0.25, -0.2) is 0 Å². The van der Waals surface area contributed by atoms with E-state index in [4.69, 9.17) is 5.73 Å². The summed E-state index contributed by atoms with van der Waals surface area (Å²) in [5.41, 5.74) is 5.62. The van der Waals surface area contributed by atoms with Crippen molar-refractivity contribution in [2.45, 2.75) is 25.1 Å². The van der Waals surface area contributed by atoms with Gasteiger partial charge >= 0.3 is 6.18 Å². The number of hydrogen-bond donors (Lipinski definition) is 1. The van der Waals surface area contributed by atoms with Gasteiger partial charge < -0.3 is 5.73 Å². The Kier molecular flexibility index (Phi) is 6.96. The van der Waals surface area contributed by atoms with Crippen LogP contribution in [0.15, 0.2) is 35.3 Å². The van der Waals surface area contributed by atoms with Gasteiger partial charge in [0.2, 0.25) is 0 Å². The first kappa shape index (κ1) is 17.5. The summed E-state index contributed by atoms with van der Waals surface area (Å²) in [6, 6.07) is 3.34. The fourth-order valence-corrected chi connectivity index (χ4v) is 1.97. The summed E-state index contributed by atoms with van der Waals surface area (Å²) in [5.74, 6) is 0. The Labute approximate surface area is 119 Å². The third kappa shape index (κ3) is 5.00. The lowest BCUT2D eigenvalue weighted by Crippen LogP contribution is -2.12. The second-order valence-electron chi connectivity index (χ2n) is 3.74.